The first-order chi connectivity index (χ1) is 7.70. The van der Waals surface area contributed by atoms with Crippen LogP contribution in [0.2, 0.25) is 0 Å². The van der Waals surface area contributed by atoms with Crippen LogP contribution in [0.5, 0.6) is 0 Å². The van der Waals surface area contributed by atoms with E-state index in [0.29, 0.717) is 5.56 Å². The molecule has 1 aromatic rings. The molecule has 0 saturated carbocycles. The Morgan fingerprint density at radius 1 is 1.56 bits per heavy atom. The summed E-state index contributed by atoms with van der Waals surface area (Å²) in [5.41, 5.74) is 2.93. The van der Waals surface area contributed by atoms with Crippen molar-refractivity contribution in [3.63, 3.8) is 0 Å². The van der Waals surface area contributed by atoms with E-state index in [1.165, 1.54) is 0 Å². The van der Waals surface area contributed by atoms with E-state index in [-0.39, 0.29) is 12.3 Å². The van der Waals surface area contributed by atoms with Crippen molar-refractivity contribution in [1.82, 2.24) is 0 Å². The lowest BCUT2D eigenvalue weighted by molar-refractivity contribution is -0.137. The number of benzene rings is 1. The lowest BCUT2D eigenvalue weighted by Crippen LogP contribution is -2.13. The maximum Gasteiger partial charge on any atom is 0.303 e. The van der Waals surface area contributed by atoms with Crippen LogP contribution in [0.25, 0.3) is 0 Å². The third kappa shape index (κ3) is 2.06. The van der Waals surface area contributed by atoms with Gasteiger partial charge in [-0.3, -0.25) is 4.79 Å². The van der Waals surface area contributed by atoms with Crippen molar-refractivity contribution in [2.45, 2.75) is 31.6 Å². The average molecular weight is 215 g/mol. The third-order valence-electron chi connectivity index (χ3n) is 3.13. The number of nitrogens with zero attached hydrogens (tertiary/aromatic N) is 1. The normalized spacial score (nSPS) is 18.6. The van der Waals surface area contributed by atoms with Gasteiger partial charge in [-0.2, -0.15) is 5.26 Å². The number of rotatable bonds is 2. The zero-order valence-electron chi connectivity index (χ0n) is 8.94. The first kappa shape index (κ1) is 10.7. The molecule has 0 heterocycles. The molecule has 3 nitrogen and oxygen atoms in total. The van der Waals surface area contributed by atoms with Crippen molar-refractivity contribution in [1.29, 1.82) is 5.26 Å². The number of nitriles is 1. The zero-order valence-corrected chi connectivity index (χ0v) is 8.94. The van der Waals surface area contributed by atoms with Gasteiger partial charge in [-0.15, -0.1) is 0 Å². The Balaban J connectivity index is 2.33. The highest BCUT2D eigenvalue weighted by molar-refractivity contribution is 5.68. The van der Waals surface area contributed by atoms with E-state index in [4.69, 9.17) is 10.4 Å². The smallest absolute Gasteiger partial charge is 0.303 e. The molecule has 0 amide bonds. The molecule has 0 spiro atoms. The second-order valence-electron chi connectivity index (χ2n) is 4.21. The summed E-state index contributed by atoms with van der Waals surface area (Å²) >= 11 is 0. The summed E-state index contributed by atoms with van der Waals surface area (Å²) in [6.07, 6.45) is 3.10. The minimum atomic E-state index is -0.748. The molecule has 0 bridgehead atoms. The standard InChI is InChI=1S/C13H13NO2/c14-8-9-4-5-12-10(6-9)2-1-3-11(12)7-13(15)16/h4-6,11H,1-3,7H2,(H,15,16). The molecule has 1 aromatic carbocycles. The molecule has 0 fully saturated rings. The number of carboxylic acid groups (broad SMARTS) is 1. The van der Waals surface area contributed by atoms with Crippen LogP contribution in [0.4, 0.5) is 0 Å². The Bertz CT molecular complexity index is 459. The summed E-state index contributed by atoms with van der Waals surface area (Å²) in [7, 11) is 0. The minimum Gasteiger partial charge on any atom is -0.481 e. The monoisotopic (exact) mass is 215 g/mol. The topological polar surface area (TPSA) is 61.1 Å². The molecular formula is C13H13NO2. The van der Waals surface area contributed by atoms with E-state index >= 15 is 0 Å². The lowest BCUT2D eigenvalue weighted by atomic mass is 9.80. The quantitative estimate of drug-likeness (QED) is 0.824. The molecule has 2 rings (SSSR count). The molecule has 3 heteroatoms. The van der Waals surface area contributed by atoms with Gasteiger partial charge >= 0.3 is 5.97 Å². The SMILES string of the molecule is N#Cc1ccc2c(c1)CCCC2CC(=O)O. The van der Waals surface area contributed by atoms with E-state index < -0.39 is 5.97 Å². The number of fused-ring (bicyclic) bond motifs is 1. The number of carbonyl (C=O) groups is 1. The molecule has 1 N–H and O–H groups in total. The van der Waals surface area contributed by atoms with Gasteiger partial charge in [0.1, 0.15) is 0 Å². The predicted octanol–water partition coefficient (Wildman–Crippen LogP) is 2.45. The number of carboxylic acids is 1. The highest BCUT2D eigenvalue weighted by Crippen LogP contribution is 2.34. The van der Waals surface area contributed by atoms with Gasteiger partial charge in [0.15, 0.2) is 0 Å². The van der Waals surface area contributed by atoms with Crippen molar-refractivity contribution >= 4 is 5.97 Å². The van der Waals surface area contributed by atoms with Crippen LogP contribution in [-0.4, -0.2) is 11.1 Å². The molecule has 1 aliphatic carbocycles. The van der Waals surface area contributed by atoms with Gasteiger partial charge < -0.3 is 5.11 Å². The Morgan fingerprint density at radius 3 is 3.06 bits per heavy atom. The number of hydrogen-bond donors (Lipinski definition) is 1. The van der Waals surface area contributed by atoms with Gasteiger partial charge in [0.05, 0.1) is 18.1 Å². The van der Waals surface area contributed by atoms with Crippen LogP contribution in [-0.2, 0) is 11.2 Å². The molecule has 16 heavy (non-hydrogen) atoms. The fourth-order valence-corrected chi connectivity index (χ4v) is 2.41. The van der Waals surface area contributed by atoms with Crippen LogP contribution in [0.3, 0.4) is 0 Å². The van der Waals surface area contributed by atoms with Gasteiger partial charge in [0.25, 0.3) is 0 Å². The van der Waals surface area contributed by atoms with E-state index in [0.717, 1.165) is 30.4 Å². The van der Waals surface area contributed by atoms with Crippen LogP contribution >= 0.6 is 0 Å². The van der Waals surface area contributed by atoms with E-state index in [9.17, 15) is 4.79 Å². The third-order valence-corrected chi connectivity index (χ3v) is 3.13. The average Bonchev–Trinajstić information content (AvgIpc) is 2.28. The minimum absolute atomic E-state index is 0.119. The maximum atomic E-state index is 10.7. The second-order valence-corrected chi connectivity index (χ2v) is 4.21. The summed E-state index contributed by atoms with van der Waals surface area (Å²) in [4.78, 5) is 10.7. The van der Waals surface area contributed by atoms with Crippen molar-refractivity contribution in [3.8, 4) is 6.07 Å². The van der Waals surface area contributed by atoms with E-state index in [1.807, 2.05) is 12.1 Å². The summed E-state index contributed by atoms with van der Waals surface area (Å²) in [5, 5.41) is 17.6. The molecule has 1 atom stereocenters. The van der Waals surface area contributed by atoms with Gasteiger partial charge in [-0.05, 0) is 48.4 Å². The van der Waals surface area contributed by atoms with Crippen LogP contribution in [0.15, 0.2) is 18.2 Å². The highest BCUT2D eigenvalue weighted by atomic mass is 16.4. The summed E-state index contributed by atoms with van der Waals surface area (Å²) in [5.74, 6) is -0.629. The van der Waals surface area contributed by atoms with Crippen LogP contribution in [0.1, 0.15) is 41.9 Å². The van der Waals surface area contributed by atoms with Gasteiger partial charge in [0.2, 0.25) is 0 Å². The fourth-order valence-electron chi connectivity index (χ4n) is 2.41. The largest absolute Gasteiger partial charge is 0.481 e. The summed E-state index contributed by atoms with van der Waals surface area (Å²) < 4.78 is 0. The summed E-state index contributed by atoms with van der Waals surface area (Å²) in [6.45, 7) is 0. The van der Waals surface area contributed by atoms with E-state index in [1.54, 1.807) is 6.07 Å². The summed E-state index contributed by atoms with van der Waals surface area (Å²) in [6, 6.07) is 7.70. The Hall–Kier alpha value is -1.82. The molecule has 0 aliphatic heterocycles. The molecule has 1 unspecified atom stereocenters. The number of hydrogen-bond acceptors (Lipinski definition) is 2. The molecule has 1 aliphatic rings. The first-order valence-corrected chi connectivity index (χ1v) is 5.45. The lowest BCUT2D eigenvalue weighted by Gasteiger charge is -2.24. The number of aliphatic carboxylic acids is 1. The van der Waals surface area contributed by atoms with Gasteiger partial charge in [-0.25, -0.2) is 0 Å². The van der Waals surface area contributed by atoms with Crippen molar-refractivity contribution < 1.29 is 9.90 Å². The van der Waals surface area contributed by atoms with Gasteiger partial charge in [0, 0.05) is 0 Å². The van der Waals surface area contributed by atoms with Crippen LogP contribution in [0, 0.1) is 11.3 Å². The van der Waals surface area contributed by atoms with Crippen molar-refractivity contribution in [2.75, 3.05) is 0 Å². The van der Waals surface area contributed by atoms with E-state index in [2.05, 4.69) is 6.07 Å². The first-order valence-electron chi connectivity index (χ1n) is 5.45. The second kappa shape index (κ2) is 4.36. The molecule has 0 aromatic heterocycles. The Labute approximate surface area is 94.3 Å². The zero-order chi connectivity index (χ0) is 11.5. The van der Waals surface area contributed by atoms with Gasteiger partial charge in [-0.1, -0.05) is 6.07 Å². The molecular weight excluding hydrogens is 202 g/mol. The number of aryl methyl sites for hydroxylation is 1. The Kier molecular flexibility index (Phi) is 2.91. The predicted molar refractivity (Wildman–Crippen MR) is 59.1 cm³/mol. The van der Waals surface area contributed by atoms with Crippen molar-refractivity contribution in [2.24, 2.45) is 0 Å². The Morgan fingerprint density at radius 2 is 2.38 bits per heavy atom. The highest BCUT2D eigenvalue weighted by Gasteiger charge is 2.22. The molecule has 0 saturated heterocycles. The van der Waals surface area contributed by atoms with Crippen LogP contribution < -0.4 is 0 Å². The van der Waals surface area contributed by atoms with Crippen molar-refractivity contribution in [3.05, 3.63) is 34.9 Å². The molecule has 0 radical (unpaired) electrons. The fraction of sp³-hybridized carbons (Fsp3) is 0.385. The maximum absolute atomic E-state index is 10.7. The molecule has 82 valence electrons.